The Morgan fingerprint density at radius 2 is 1.93 bits per heavy atom. The van der Waals surface area contributed by atoms with Crippen molar-refractivity contribution in [2.75, 3.05) is 0 Å². The minimum atomic E-state index is 0.758. The maximum Gasteiger partial charge on any atom is 0.150 e. The molecule has 2 heteroatoms. The van der Waals surface area contributed by atoms with Crippen molar-refractivity contribution in [1.29, 1.82) is 0 Å². The van der Waals surface area contributed by atoms with Crippen LogP contribution in [0.4, 0.5) is 0 Å². The summed E-state index contributed by atoms with van der Waals surface area (Å²) in [6, 6.07) is 7.67. The Kier molecular flexibility index (Phi) is 2.46. The summed E-state index contributed by atoms with van der Waals surface area (Å²) in [6.07, 6.45) is 0.909. The zero-order valence-electron chi connectivity index (χ0n) is 7.86. The monoisotopic (exact) mass is 202 g/mol. The summed E-state index contributed by atoms with van der Waals surface area (Å²) in [4.78, 5) is 10.8. The fraction of sp³-hybridized carbons (Fsp3) is 0.0833. The van der Waals surface area contributed by atoms with Gasteiger partial charge in [-0.3, -0.25) is 4.79 Å². The van der Waals surface area contributed by atoms with E-state index in [1.54, 1.807) is 11.3 Å². The number of thiophene rings is 1. The number of hydrogen-bond acceptors (Lipinski definition) is 2. The molecule has 14 heavy (non-hydrogen) atoms. The van der Waals surface area contributed by atoms with Gasteiger partial charge in [0.15, 0.2) is 6.29 Å². The molecule has 1 aromatic carbocycles. The molecule has 0 aliphatic heterocycles. The van der Waals surface area contributed by atoms with E-state index in [9.17, 15) is 4.79 Å². The zero-order valence-corrected chi connectivity index (χ0v) is 8.67. The first-order valence-electron chi connectivity index (χ1n) is 4.40. The molecule has 0 fully saturated rings. The van der Waals surface area contributed by atoms with Gasteiger partial charge in [-0.1, -0.05) is 24.3 Å². The molecule has 0 radical (unpaired) electrons. The lowest BCUT2D eigenvalue weighted by Crippen LogP contribution is -1.86. The molecule has 0 bridgehead atoms. The van der Waals surface area contributed by atoms with Crippen molar-refractivity contribution in [1.82, 2.24) is 0 Å². The highest BCUT2D eigenvalue weighted by atomic mass is 32.1. The summed E-state index contributed by atoms with van der Waals surface area (Å²) < 4.78 is 0. The third kappa shape index (κ3) is 1.49. The van der Waals surface area contributed by atoms with E-state index in [2.05, 4.69) is 17.7 Å². The van der Waals surface area contributed by atoms with Gasteiger partial charge < -0.3 is 0 Å². The van der Waals surface area contributed by atoms with E-state index in [-0.39, 0.29) is 0 Å². The Balaban J connectivity index is 2.62. The van der Waals surface area contributed by atoms with Crippen molar-refractivity contribution in [2.24, 2.45) is 0 Å². The molecule has 2 rings (SSSR count). The van der Waals surface area contributed by atoms with E-state index in [1.165, 1.54) is 5.56 Å². The van der Waals surface area contributed by atoms with Crippen LogP contribution in [0, 0.1) is 6.92 Å². The number of carbonyl (C=O) groups is 1. The molecule has 0 saturated carbocycles. The van der Waals surface area contributed by atoms with Gasteiger partial charge in [-0.25, -0.2) is 0 Å². The Morgan fingerprint density at radius 1 is 1.14 bits per heavy atom. The van der Waals surface area contributed by atoms with Crippen LogP contribution < -0.4 is 0 Å². The number of rotatable bonds is 2. The van der Waals surface area contributed by atoms with Crippen LogP contribution in [0.1, 0.15) is 15.9 Å². The van der Waals surface area contributed by atoms with Crippen molar-refractivity contribution in [3.8, 4) is 11.1 Å². The van der Waals surface area contributed by atoms with Gasteiger partial charge >= 0.3 is 0 Å². The lowest BCUT2D eigenvalue weighted by Gasteiger charge is -2.02. The topological polar surface area (TPSA) is 17.1 Å². The molecule has 0 saturated heterocycles. The van der Waals surface area contributed by atoms with Crippen molar-refractivity contribution >= 4 is 17.6 Å². The molecular weight excluding hydrogens is 192 g/mol. The second kappa shape index (κ2) is 3.76. The first kappa shape index (κ1) is 9.16. The van der Waals surface area contributed by atoms with Gasteiger partial charge in [0.05, 0.1) is 0 Å². The Bertz CT molecular complexity index is 457. The van der Waals surface area contributed by atoms with Crippen LogP contribution in [0.25, 0.3) is 11.1 Å². The second-order valence-electron chi connectivity index (χ2n) is 3.17. The predicted octanol–water partition coefficient (Wildman–Crippen LogP) is 3.54. The average Bonchev–Trinajstić information content (AvgIpc) is 2.64. The molecule has 1 nitrogen and oxygen atoms in total. The van der Waals surface area contributed by atoms with Crippen LogP contribution in [0.5, 0.6) is 0 Å². The predicted molar refractivity (Wildman–Crippen MR) is 59.9 cm³/mol. The van der Waals surface area contributed by atoms with Crippen LogP contribution in [0.3, 0.4) is 0 Å². The maximum absolute atomic E-state index is 10.8. The molecule has 0 spiro atoms. The molecular formula is C12H10OS. The van der Waals surface area contributed by atoms with Crippen LogP contribution in [0.2, 0.25) is 0 Å². The van der Waals surface area contributed by atoms with E-state index < -0.39 is 0 Å². The summed E-state index contributed by atoms with van der Waals surface area (Å²) in [5, 5.41) is 4.18. The van der Waals surface area contributed by atoms with Gasteiger partial charge in [0.25, 0.3) is 0 Å². The smallest absolute Gasteiger partial charge is 0.150 e. The van der Waals surface area contributed by atoms with E-state index >= 15 is 0 Å². The summed E-state index contributed by atoms with van der Waals surface area (Å²) >= 11 is 1.66. The second-order valence-corrected chi connectivity index (χ2v) is 3.92. The highest BCUT2D eigenvalue weighted by Gasteiger charge is 2.06. The van der Waals surface area contributed by atoms with Gasteiger partial charge in [0.1, 0.15) is 0 Å². The molecule has 0 aliphatic carbocycles. The third-order valence-corrected chi connectivity index (χ3v) is 3.09. The summed E-state index contributed by atoms with van der Waals surface area (Å²) in [5.41, 5.74) is 4.18. The lowest BCUT2D eigenvalue weighted by molar-refractivity contribution is 0.112. The third-order valence-electron chi connectivity index (χ3n) is 2.23. The minimum Gasteiger partial charge on any atom is -0.298 e. The van der Waals surface area contributed by atoms with Crippen LogP contribution >= 0.6 is 11.3 Å². The molecule has 0 amide bonds. The molecule has 0 N–H and O–H groups in total. The molecule has 70 valence electrons. The first-order chi connectivity index (χ1) is 6.83. The standard InChI is InChI=1S/C12H10OS/c1-9-7-14-8-12(9)11-5-3-2-4-10(11)6-13/h2-8H,1H3. The van der Waals surface area contributed by atoms with Gasteiger partial charge in [-0.2, -0.15) is 11.3 Å². The van der Waals surface area contributed by atoms with E-state index in [0.29, 0.717) is 0 Å². The molecule has 0 aliphatic rings. The number of aldehydes is 1. The Morgan fingerprint density at radius 3 is 2.57 bits per heavy atom. The number of benzene rings is 1. The van der Waals surface area contributed by atoms with Crippen LogP contribution in [-0.2, 0) is 0 Å². The summed E-state index contributed by atoms with van der Waals surface area (Å²) in [6.45, 7) is 2.06. The van der Waals surface area contributed by atoms with E-state index in [0.717, 1.165) is 23.0 Å². The van der Waals surface area contributed by atoms with E-state index in [4.69, 9.17) is 0 Å². The highest BCUT2D eigenvalue weighted by molar-refractivity contribution is 7.08. The fourth-order valence-corrected chi connectivity index (χ4v) is 2.33. The number of hydrogen-bond donors (Lipinski definition) is 0. The summed E-state index contributed by atoms with van der Waals surface area (Å²) in [7, 11) is 0. The first-order valence-corrected chi connectivity index (χ1v) is 5.34. The Labute approximate surface area is 87.0 Å². The number of carbonyl (C=O) groups excluding carboxylic acids is 1. The summed E-state index contributed by atoms with van der Waals surface area (Å²) in [5.74, 6) is 0. The fourth-order valence-electron chi connectivity index (χ4n) is 1.48. The molecule has 0 unspecified atom stereocenters. The van der Waals surface area contributed by atoms with Crippen LogP contribution in [-0.4, -0.2) is 6.29 Å². The quantitative estimate of drug-likeness (QED) is 0.681. The van der Waals surface area contributed by atoms with Crippen molar-refractivity contribution < 1.29 is 4.79 Å². The van der Waals surface area contributed by atoms with Gasteiger partial charge in [-0.15, -0.1) is 0 Å². The van der Waals surface area contributed by atoms with Gasteiger partial charge in [0.2, 0.25) is 0 Å². The van der Waals surface area contributed by atoms with Gasteiger partial charge in [-0.05, 0) is 34.4 Å². The molecule has 0 atom stereocenters. The lowest BCUT2D eigenvalue weighted by atomic mass is 10.0. The van der Waals surface area contributed by atoms with Crippen molar-refractivity contribution in [3.05, 3.63) is 46.2 Å². The van der Waals surface area contributed by atoms with Crippen molar-refractivity contribution in [3.63, 3.8) is 0 Å². The molecule has 2 aromatic rings. The Hall–Kier alpha value is -1.41. The van der Waals surface area contributed by atoms with E-state index in [1.807, 2.05) is 24.3 Å². The zero-order chi connectivity index (χ0) is 9.97. The largest absolute Gasteiger partial charge is 0.298 e. The SMILES string of the molecule is Cc1cscc1-c1ccccc1C=O. The van der Waals surface area contributed by atoms with Crippen LogP contribution in [0.15, 0.2) is 35.0 Å². The minimum absolute atomic E-state index is 0.758. The van der Waals surface area contributed by atoms with Crippen molar-refractivity contribution in [2.45, 2.75) is 6.92 Å². The molecule has 1 heterocycles. The highest BCUT2D eigenvalue weighted by Crippen LogP contribution is 2.28. The van der Waals surface area contributed by atoms with Gasteiger partial charge in [0, 0.05) is 5.56 Å². The maximum atomic E-state index is 10.8. The molecule has 1 aromatic heterocycles. The number of aryl methyl sites for hydroxylation is 1. The average molecular weight is 202 g/mol. The normalized spacial score (nSPS) is 10.1.